The number of aromatic nitrogens is 1. The first-order chi connectivity index (χ1) is 10.4. The van der Waals surface area contributed by atoms with Crippen LogP contribution in [0.3, 0.4) is 0 Å². The summed E-state index contributed by atoms with van der Waals surface area (Å²) in [5, 5.41) is 0.429. The molecule has 1 aromatic carbocycles. The number of para-hydroxylation sites is 1. The van der Waals surface area contributed by atoms with Gasteiger partial charge in [0.25, 0.3) is 5.22 Å². The van der Waals surface area contributed by atoms with Crippen LogP contribution in [0, 0.1) is 0 Å². The van der Waals surface area contributed by atoms with E-state index in [1.807, 2.05) is 0 Å². The van der Waals surface area contributed by atoms with Crippen LogP contribution in [0.5, 0.6) is 0 Å². The van der Waals surface area contributed by atoms with Crippen LogP contribution in [0.25, 0.3) is 10.9 Å². The summed E-state index contributed by atoms with van der Waals surface area (Å²) in [6.07, 6.45) is -4.52. The zero-order chi connectivity index (χ0) is 15.7. The van der Waals surface area contributed by atoms with Gasteiger partial charge in [-0.2, -0.15) is 13.2 Å². The fraction of sp³-hybridized carbons (Fsp3) is 0.143. The van der Waals surface area contributed by atoms with Gasteiger partial charge in [-0.3, -0.25) is 0 Å². The number of hydrogen-bond donors (Lipinski definition) is 0. The molecule has 0 bridgehead atoms. The Hall–Kier alpha value is -2.22. The number of nitrogens with zero attached hydrogens (tertiary/aromatic N) is 1. The average molecular weight is 327 g/mol. The molecule has 0 atom stereocenters. The van der Waals surface area contributed by atoms with Crippen LogP contribution in [-0.2, 0) is 11.9 Å². The van der Waals surface area contributed by atoms with E-state index in [1.54, 1.807) is 24.3 Å². The monoisotopic (exact) mass is 327 g/mol. The Morgan fingerprint density at radius 1 is 1.09 bits per heavy atom. The Labute approximate surface area is 126 Å². The first-order valence-electron chi connectivity index (χ1n) is 6.12. The van der Waals surface area contributed by atoms with Crippen LogP contribution in [0.1, 0.15) is 11.5 Å². The zero-order valence-corrected chi connectivity index (χ0v) is 11.7. The van der Waals surface area contributed by atoms with E-state index in [4.69, 9.17) is 8.83 Å². The van der Waals surface area contributed by atoms with Gasteiger partial charge >= 0.3 is 11.8 Å². The van der Waals surface area contributed by atoms with Gasteiger partial charge in [-0.15, -0.1) is 0 Å². The fourth-order valence-electron chi connectivity index (χ4n) is 1.80. The predicted molar refractivity (Wildman–Crippen MR) is 73.6 cm³/mol. The topological polar surface area (TPSA) is 56.2 Å². The van der Waals surface area contributed by atoms with Crippen molar-refractivity contribution in [2.75, 3.05) is 0 Å². The third-order valence-corrected chi connectivity index (χ3v) is 3.65. The highest BCUT2D eigenvalue weighted by molar-refractivity contribution is 7.98. The molecule has 0 fully saturated rings. The highest BCUT2D eigenvalue weighted by Crippen LogP contribution is 2.32. The van der Waals surface area contributed by atoms with Crippen molar-refractivity contribution in [2.24, 2.45) is 0 Å². The first kappa shape index (κ1) is 14.7. The molecule has 0 saturated heterocycles. The van der Waals surface area contributed by atoms with Crippen molar-refractivity contribution >= 4 is 22.7 Å². The lowest BCUT2D eigenvalue weighted by molar-refractivity contribution is -0.153. The van der Waals surface area contributed by atoms with Gasteiger partial charge < -0.3 is 8.83 Å². The standard InChI is InChI=1S/C14H8F3NO3S/c15-14(16,17)11-6-5-8(20-11)7-22-13-18-10-4-2-1-3-9(10)12(19)21-13/h1-6H,7H2. The molecule has 2 heterocycles. The molecule has 0 aliphatic heterocycles. The van der Waals surface area contributed by atoms with Gasteiger partial charge in [0.05, 0.1) is 16.7 Å². The molecule has 2 aromatic heterocycles. The minimum Gasteiger partial charge on any atom is -0.456 e. The lowest BCUT2D eigenvalue weighted by atomic mass is 10.2. The quantitative estimate of drug-likeness (QED) is 0.678. The Bertz CT molecular complexity index is 869. The van der Waals surface area contributed by atoms with Crippen molar-refractivity contribution in [3.63, 3.8) is 0 Å². The smallest absolute Gasteiger partial charge is 0.449 e. The molecule has 22 heavy (non-hydrogen) atoms. The number of benzene rings is 1. The molecular formula is C14H8F3NO3S. The van der Waals surface area contributed by atoms with Crippen molar-refractivity contribution in [1.82, 2.24) is 4.98 Å². The summed E-state index contributed by atoms with van der Waals surface area (Å²) in [7, 11) is 0. The molecular weight excluding hydrogens is 319 g/mol. The van der Waals surface area contributed by atoms with E-state index in [1.165, 1.54) is 6.07 Å². The first-order valence-corrected chi connectivity index (χ1v) is 7.10. The Morgan fingerprint density at radius 2 is 1.86 bits per heavy atom. The largest absolute Gasteiger partial charge is 0.456 e. The Kier molecular flexibility index (Phi) is 3.69. The minimum absolute atomic E-state index is 0.0738. The van der Waals surface area contributed by atoms with Crippen LogP contribution >= 0.6 is 11.8 Å². The van der Waals surface area contributed by atoms with E-state index in [-0.39, 0.29) is 16.7 Å². The van der Waals surface area contributed by atoms with Crippen molar-refractivity contribution in [3.8, 4) is 0 Å². The maximum atomic E-state index is 12.4. The van der Waals surface area contributed by atoms with Crippen molar-refractivity contribution in [3.05, 3.63) is 58.3 Å². The molecule has 0 aliphatic carbocycles. The number of alkyl halides is 3. The predicted octanol–water partition coefficient (Wildman–Crippen LogP) is 4.09. The van der Waals surface area contributed by atoms with Crippen molar-refractivity contribution in [1.29, 1.82) is 0 Å². The third-order valence-electron chi connectivity index (χ3n) is 2.79. The maximum absolute atomic E-state index is 12.4. The number of rotatable bonds is 3. The van der Waals surface area contributed by atoms with Crippen LogP contribution in [0.4, 0.5) is 13.2 Å². The van der Waals surface area contributed by atoms with Gasteiger partial charge in [0.2, 0.25) is 5.76 Å². The van der Waals surface area contributed by atoms with Gasteiger partial charge in [0.15, 0.2) is 0 Å². The molecule has 0 spiro atoms. The van der Waals surface area contributed by atoms with E-state index >= 15 is 0 Å². The minimum atomic E-state index is -4.52. The normalized spacial score (nSPS) is 12.0. The lowest BCUT2D eigenvalue weighted by Gasteiger charge is -2.01. The molecule has 4 nitrogen and oxygen atoms in total. The van der Waals surface area contributed by atoms with E-state index in [0.29, 0.717) is 10.9 Å². The molecule has 0 radical (unpaired) electrons. The summed E-state index contributed by atoms with van der Waals surface area (Å²) in [6, 6.07) is 8.76. The summed E-state index contributed by atoms with van der Waals surface area (Å²) in [6.45, 7) is 0. The Balaban J connectivity index is 1.79. The third kappa shape index (κ3) is 3.01. The van der Waals surface area contributed by atoms with Crippen LogP contribution in [0.15, 0.2) is 55.2 Å². The summed E-state index contributed by atoms with van der Waals surface area (Å²) in [5.41, 5.74) is -0.0693. The number of hydrogen-bond acceptors (Lipinski definition) is 5. The van der Waals surface area contributed by atoms with Crippen molar-refractivity contribution < 1.29 is 22.0 Å². The van der Waals surface area contributed by atoms with Crippen LogP contribution < -0.4 is 5.63 Å². The fourth-order valence-corrected chi connectivity index (χ4v) is 2.52. The van der Waals surface area contributed by atoms with Gasteiger partial charge in [-0.25, -0.2) is 9.78 Å². The highest BCUT2D eigenvalue weighted by atomic mass is 32.2. The summed E-state index contributed by atoms with van der Waals surface area (Å²) in [5.74, 6) is -0.865. The number of thioether (sulfide) groups is 1. The van der Waals surface area contributed by atoms with E-state index in [0.717, 1.165) is 17.8 Å². The lowest BCUT2D eigenvalue weighted by Crippen LogP contribution is -2.02. The second kappa shape index (κ2) is 5.53. The van der Waals surface area contributed by atoms with E-state index < -0.39 is 17.6 Å². The molecule has 0 amide bonds. The highest BCUT2D eigenvalue weighted by Gasteiger charge is 2.34. The SMILES string of the molecule is O=c1oc(SCc2ccc(C(F)(F)F)o2)nc2ccccc12. The summed E-state index contributed by atoms with van der Waals surface area (Å²) < 4.78 is 47.0. The van der Waals surface area contributed by atoms with E-state index in [2.05, 4.69) is 4.98 Å². The molecule has 8 heteroatoms. The van der Waals surface area contributed by atoms with Crippen LogP contribution in [0.2, 0.25) is 0 Å². The molecule has 0 unspecified atom stereocenters. The average Bonchev–Trinajstić information content (AvgIpc) is 2.94. The van der Waals surface area contributed by atoms with Gasteiger partial charge in [0, 0.05) is 0 Å². The summed E-state index contributed by atoms with van der Waals surface area (Å²) in [4.78, 5) is 15.9. The molecule has 3 rings (SSSR count). The maximum Gasteiger partial charge on any atom is 0.449 e. The number of halogens is 3. The molecule has 0 aliphatic rings. The van der Waals surface area contributed by atoms with Crippen LogP contribution in [-0.4, -0.2) is 4.98 Å². The number of furan rings is 1. The second-order valence-electron chi connectivity index (χ2n) is 4.34. The number of fused-ring (bicyclic) bond motifs is 1. The van der Waals surface area contributed by atoms with E-state index in [9.17, 15) is 18.0 Å². The molecule has 3 aromatic rings. The van der Waals surface area contributed by atoms with Gasteiger partial charge in [-0.05, 0) is 24.3 Å². The zero-order valence-electron chi connectivity index (χ0n) is 10.9. The second-order valence-corrected chi connectivity index (χ2v) is 5.26. The van der Waals surface area contributed by atoms with Gasteiger partial charge in [-0.1, -0.05) is 23.9 Å². The van der Waals surface area contributed by atoms with Gasteiger partial charge in [0.1, 0.15) is 5.76 Å². The molecule has 0 saturated carbocycles. The molecule has 114 valence electrons. The summed E-state index contributed by atoms with van der Waals surface area (Å²) >= 11 is 0.988. The molecule has 0 N–H and O–H groups in total. The Morgan fingerprint density at radius 3 is 2.59 bits per heavy atom. The van der Waals surface area contributed by atoms with Crippen molar-refractivity contribution in [2.45, 2.75) is 17.2 Å².